The molecule has 0 aromatic carbocycles. The Morgan fingerprint density at radius 2 is 2.08 bits per heavy atom. The topological polar surface area (TPSA) is 53.3 Å². The van der Waals surface area contributed by atoms with Crippen molar-refractivity contribution in [1.29, 1.82) is 5.26 Å². The monoisotopic (exact) mass is 184 g/mol. The van der Waals surface area contributed by atoms with Gasteiger partial charge in [-0.25, -0.2) is 0 Å². The molecule has 0 heterocycles. The molecule has 0 radical (unpaired) electrons. The Labute approximate surface area is 79.1 Å². The highest BCUT2D eigenvalue weighted by molar-refractivity contribution is 5.73. The van der Waals surface area contributed by atoms with Crippen LogP contribution in [-0.2, 0) is 9.53 Å². The standard InChI is InChI=1S/C9H16N2O2/c1-4-11(5-2)6-8(3)9(12)13-7-10/h8H,4-6H2,1-3H3. The molecule has 0 aromatic heterocycles. The minimum atomic E-state index is -0.450. The van der Waals surface area contributed by atoms with Crippen LogP contribution in [0.25, 0.3) is 0 Å². The highest BCUT2D eigenvalue weighted by Crippen LogP contribution is 2.01. The van der Waals surface area contributed by atoms with E-state index in [0.29, 0.717) is 6.54 Å². The highest BCUT2D eigenvalue weighted by Gasteiger charge is 2.16. The van der Waals surface area contributed by atoms with Crippen molar-refractivity contribution in [2.24, 2.45) is 5.92 Å². The molecule has 0 N–H and O–H groups in total. The number of esters is 1. The lowest BCUT2D eigenvalue weighted by atomic mass is 10.1. The van der Waals surface area contributed by atoms with Crippen molar-refractivity contribution in [2.75, 3.05) is 19.6 Å². The largest absolute Gasteiger partial charge is 0.351 e. The number of rotatable bonds is 5. The van der Waals surface area contributed by atoms with Gasteiger partial charge in [-0.15, -0.1) is 5.26 Å². The molecule has 0 amide bonds. The van der Waals surface area contributed by atoms with Crippen molar-refractivity contribution in [2.45, 2.75) is 20.8 Å². The third-order valence-corrected chi connectivity index (χ3v) is 1.98. The summed E-state index contributed by atoms with van der Waals surface area (Å²) in [4.78, 5) is 13.2. The van der Waals surface area contributed by atoms with Gasteiger partial charge in [0.1, 0.15) is 0 Å². The highest BCUT2D eigenvalue weighted by atomic mass is 16.5. The summed E-state index contributed by atoms with van der Waals surface area (Å²) in [6.45, 7) is 8.28. The fourth-order valence-corrected chi connectivity index (χ4v) is 1.09. The maximum Gasteiger partial charge on any atom is 0.325 e. The summed E-state index contributed by atoms with van der Waals surface area (Å²) in [5, 5.41) is 8.13. The van der Waals surface area contributed by atoms with Crippen molar-refractivity contribution >= 4 is 5.97 Å². The van der Waals surface area contributed by atoms with Crippen LogP contribution in [0.5, 0.6) is 0 Å². The second-order valence-electron chi connectivity index (χ2n) is 2.90. The smallest absolute Gasteiger partial charge is 0.325 e. The molecule has 74 valence electrons. The van der Waals surface area contributed by atoms with E-state index in [2.05, 4.69) is 9.64 Å². The lowest BCUT2D eigenvalue weighted by molar-refractivity contribution is -0.141. The van der Waals surface area contributed by atoms with Crippen LogP contribution in [0.4, 0.5) is 0 Å². The zero-order valence-electron chi connectivity index (χ0n) is 8.41. The van der Waals surface area contributed by atoms with Crippen LogP contribution in [0.2, 0.25) is 0 Å². The molecular formula is C9H16N2O2. The summed E-state index contributed by atoms with van der Waals surface area (Å²) in [5.41, 5.74) is 0. The molecule has 0 rings (SSSR count). The van der Waals surface area contributed by atoms with E-state index in [1.807, 2.05) is 13.8 Å². The molecule has 0 spiro atoms. The minimum absolute atomic E-state index is 0.237. The molecule has 0 fully saturated rings. The van der Waals surface area contributed by atoms with E-state index < -0.39 is 5.97 Å². The summed E-state index contributed by atoms with van der Waals surface area (Å²) < 4.78 is 4.23. The van der Waals surface area contributed by atoms with Gasteiger partial charge in [0, 0.05) is 6.54 Å². The fourth-order valence-electron chi connectivity index (χ4n) is 1.09. The third kappa shape index (κ3) is 4.48. The second-order valence-corrected chi connectivity index (χ2v) is 2.90. The predicted octanol–water partition coefficient (Wildman–Crippen LogP) is 0.989. The molecule has 4 heteroatoms. The van der Waals surface area contributed by atoms with Crippen LogP contribution in [0.15, 0.2) is 0 Å². The molecule has 0 aliphatic heterocycles. The first-order chi connectivity index (χ1) is 6.15. The lowest BCUT2D eigenvalue weighted by Gasteiger charge is -2.20. The summed E-state index contributed by atoms with van der Waals surface area (Å²) in [6.07, 6.45) is 1.39. The van der Waals surface area contributed by atoms with Crippen LogP contribution in [0.1, 0.15) is 20.8 Å². The lowest BCUT2D eigenvalue weighted by Crippen LogP contribution is -2.32. The van der Waals surface area contributed by atoms with Crippen molar-refractivity contribution in [3.63, 3.8) is 0 Å². The molecule has 0 saturated heterocycles. The molecule has 1 unspecified atom stereocenters. The van der Waals surface area contributed by atoms with Gasteiger partial charge in [0.2, 0.25) is 0 Å². The maximum absolute atomic E-state index is 11.0. The van der Waals surface area contributed by atoms with E-state index in [1.165, 1.54) is 6.26 Å². The molecule has 0 saturated carbocycles. The first-order valence-corrected chi connectivity index (χ1v) is 4.47. The van der Waals surface area contributed by atoms with Crippen LogP contribution < -0.4 is 0 Å². The molecule has 0 aliphatic rings. The van der Waals surface area contributed by atoms with Gasteiger partial charge in [-0.3, -0.25) is 4.79 Å². The molecule has 13 heavy (non-hydrogen) atoms. The van der Waals surface area contributed by atoms with E-state index in [4.69, 9.17) is 5.26 Å². The normalized spacial score (nSPS) is 12.2. The zero-order chi connectivity index (χ0) is 10.3. The Morgan fingerprint density at radius 1 is 1.54 bits per heavy atom. The first-order valence-electron chi connectivity index (χ1n) is 4.47. The minimum Gasteiger partial charge on any atom is -0.351 e. The van der Waals surface area contributed by atoms with Gasteiger partial charge in [0.15, 0.2) is 0 Å². The summed E-state index contributed by atoms with van der Waals surface area (Å²) in [5.74, 6) is -0.686. The molecular weight excluding hydrogens is 168 g/mol. The predicted molar refractivity (Wildman–Crippen MR) is 48.7 cm³/mol. The van der Waals surface area contributed by atoms with E-state index in [9.17, 15) is 4.79 Å². The van der Waals surface area contributed by atoms with Gasteiger partial charge in [-0.05, 0) is 13.1 Å². The van der Waals surface area contributed by atoms with Gasteiger partial charge in [0.05, 0.1) is 5.92 Å². The van der Waals surface area contributed by atoms with Crippen LogP contribution in [0, 0.1) is 17.4 Å². The zero-order valence-corrected chi connectivity index (χ0v) is 8.41. The number of nitriles is 1. The van der Waals surface area contributed by atoms with E-state index in [1.54, 1.807) is 6.92 Å². The van der Waals surface area contributed by atoms with E-state index in [0.717, 1.165) is 13.1 Å². The number of hydrogen-bond acceptors (Lipinski definition) is 4. The number of hydrogen-bond donors (Lipinski definition) is 0. The van der Waals surface area contributed by atoms with Gasteiger partial charge in [-0.2, -0.15) is 0 Å². The number of carbonyl (C=O) groups is 1. The average molecular weight is 184 g/mol. The molecule has 4 nitrogen and oxygen atoms in total. The Morgan fingerprint density at radius 3 is 2.46 bits per heavy atom. The Balaban J connectivity index is 3.91. The fraction of sp³-hybridized carbons (Fsp3) is 0.778. The van der Waals surface area contributed by atoms with Crippen molar-refractivity contribution in [3.05, 3.63) is 0 Å². The molecule has 0 aliphatic carbocycles. The molecule has 0 aromatic rings. The Bertz CT molecular complexity index is 194. The SMILES string of the molecule is CCN(CC)CC(C)C(=O)OC#N. The second kappa shape index (κ2) is 6.44. The van der Waals surface area contributed by atoms with Crippen LogP contribution >= 0.6 is 0 Å². The van der Waals surface area contributed by atoms with Gasteiger partial charge < -0.3 is 9.64 Å². The van der Waals surface area contributed by atoms with E-state index in [-0.39, 0.29) is 5.92 Å². The average Bonchev–Trinajstić information content (AvgIpc) is 2.14. The molecule has 0 bridgehead atoms. The Hall–Kier alpha value is -1.08. The third-order valence-electron chi connectivity index (χ3n) is 1.98. The van der Waals surface area contributed by atoms with Crippen molar-refractivity contribution < 1.29 is 9.53 Å². The number of ether oxygens (including phenoxy) is 1. The van der Waals surface area contributed by atoms with Crippen LogP contribution in [-0.4, -0.2) is 30.5 Å². The molecule has 1 atom stereocenters. The first kappa shape index (κ1) is 11.9. The summed E-state index contributed by atoms with van der Waals surface area (Å²) in [7, 11) is 0. The summed E-state index contributed by atoms with van der Waals surface area (Å²) >= 11 is 0. The van der Waals surface area contributed by atoms with Crippen LogP contribution in [0.3, 0.4) is 0 Å². The quantitative estimate of drug-likeness (QED) is 0.472. The summed E-state index contributed by atoms with van der Waals surface area (Å²) in [6, 6.07) is 0. The van der Waals surface area contributed by atoms with Gasteiger partial charge in [-0.1, -0.05) is 20.8 Å². The van der Waals surface area contributed by atoms with Gasteiger partial charge >= 0.3 is 5.97 Å². The van der Waals surface area contributed by atoms with Crippen molar-refractivity contribution in [1.82, 2.24) is 4.90 Å². The number of carbonyl (C=O) groups excluding carboxylic acids is 1. The maximum atomic E-state index is 11.0. The Kier molecular flexibility index (Phi) is 5.90. The number of nitrogens with zero attached hydrogens (tertiary/aromatic N) is 2. The van der Waals surface area contributed by atoms with Gasteiger partial charge in [0.25, 0.3) is 6.26 Å². The van der Waals surface area contributed by atoms with Crippen molar-refractivity contribution in [3.8, 4) is 6.26 Å². The van der Waals surface area contributed by atoms with E-state index >= 15 is 0 Å².